The molecule has 3 rings (SSSR count). The summed E-state index contributed by atoms with van der Waals surface area (Å²) < 4.78 is 10.4. The summed E-state index contributed by atoms with van der Waals surface area (Å²) in [5.41, 5.74) is 0.253. The molecule has 0 saturated carbocycles. The molecule has 0 bridgehead atoms. The fourth-order valence-electron chi connectivity index (χ4n) is 4.07. The number of carbonyl (C=O) groups is 3. The number of amides is 3. The number of imide groups is 1. The number of nitrogens with zero attached hydrogens (tertiary/aromatic N) is 2. The standard InChI is InChI=1S/C24H26N2O5/c1-4-11-25(17-19-9-7-13-31-19)21(27)15-24(20-10-6-5-8-18(20)2)16-22(28)26(23(24)29)12-14-30-3/h1,5-10,13H,11-12,14-17H2,2-3H3. The Morgan fingerprint density at radius 1 is 1.29 bits per heavy atom. The molecule has 0 aliphatic carbocycles. The predicted octanol–water partition coefficient (Wildman–Crippen LogP) is 2.28. The van der Waals surface area contributed by atoms with Crippen LogP contribution < -0.4 is 0 Å². The van der Waals surface area contributed by atoms with Crippen LogP contribution >= 0.6 is 0 Å². The molecule has 2 aromatic rings. The van der Waals surface area contributed by atoms with Gasteiger partial charge in [0.15, 0.2) is 0 Å². The molecule has 1 unspecified atom stereocenters. The molecule has 1 saturated heterocycles. The van der Waals surface area contributed by atoms with Gasteiger partial charge in [0.05, 0.1) is 37.9 Å². The van der Waals surface area contributed by atoms with Crippen LogP contribution in [0.4, 0.5) is 0 Å². The van der Waals surface area contributed by atoms with Gasteiger partial charge in [-0.15, -0.1) is 6.42 Å². The summed E-state index contributed by atoms with van der Waals surface area (Å²) in [5.74, 6) is 2.07. The van der Waals surface area contributed by atoms with Crippen molar-refractivity contribution in [1.29, 1.82) is 0 Å². The zero-order chi connectivity index (χ0) is 22.4. The minimum absolute atomic E-state index is 0.0684. The quantitative estimate of drug-likeness (QED) is 0.458. The molecule has 1 aromatic heterocycles. The van der Waals surface area contributed by atoms with Gasteiger partial charge in [0.2, 0.25) is 17.7 Å². The molecule has 0 N–H and O–H groups in total. The molecular formula is C24H26N2O5. The van der Waals surface area contributed by atoms with Gasteiger partial charge in [-0.3, -0.25) is 19.3 Å². The SMILES string of the molecule is C#CCN(Cc1ccco1)C(=O)CC1(c2ccccc2C)CC(=O)N(CCOC)C1=O. The number of carbonyl (C=O) groups excluding carboxylic acids is 3. The first kappa shape index (κ1) is 22.3. The molecule has 31 heavy (non-hydrogen) atoms. The third-order valence-electron chi connectivity index (χ3n) is 5.60. The highest BCUT2D eigenvalue weighted by Crippen LogP contribution is 2.41. The summed E-state index contributed by atoms with van der Waals surface area (Å²) in [6.07, 6.45) is 6.77. The van der Waals surface area contributed by atoms with Crippen molar-refractivity contribution in [2.24, 2.45) is 0 Å². The Bertz CT molecular complexity index is 992. The number of terminal acetylenes is 1. The predicted molar refractivity (Wildman–Crippen MR) is 114 cm³/mol. The van der Waals surface area contributed by atoms with Crippen molar-refractivity contribution in [3.63, 3.8) is 0 Å². The lowest BCUT2D eigenvalue weighted by molar-refractivity contribution is -0.143. The number of benzene rings is 1. The van der Waals surface area contributed by atoms with Crippen LogP contribution in [-0.4, -0.2) is 54.3 Å². The second-order valence-electron chi connectivity index (χ2n) is 7.63. The average molecular weight is 422 g/mol. The summed E-state index contributed by atoms with van der Waals surface area (Å²) in [4.78, 5) is 42.4. The molecule has 0 radical (unpaired) electrons. The summed E-state index contributed by atoms with van der Waals surface area (Å²) in [5, 5.41) is 0. The van der Waals surface area contributed by atoms with Gasteiger partial charge >= 0.3 is 0 Å². The molecule has 162 valence electrons. The molecule has 0 spiro atoms. The molecule has 7 nitrogen and oxygen atoms in total. The maximum absolute atomic E-state index is 13.5. The summed E-state index contributed by atoms with van der Waals surface area (Å²) >= 11 is 0. The summed E-state index contributed by atoms with van der Waals surface area (Å²) in [7, 11) is 1.51. The molecule has 3 amide bonds. The van der Waals surface area contributed by atoms with E-state index in [0.717, 1.165) is 5.56 Å². The first-order valence-electron chi connectivity index (χ1n) is 10.1. The van der Waals surface area contributed by atoms with Crippen LogP contribution in [0.2, 0.25) is 0 Å². The van der Waals surface area contributed by atoms with E-state index < -0.39 is 5.41 Å². The number of ether oxygens (including phenoxy) is 1. The minimum atomic E-state index is -1.27. The lowest BCUT2D eigenvalue weighted by Gasteiger charge is -2.31. The minimum Gasteiger partial charge on any atom is -0.467 e. The van der Waals surface area contributed by atoms with Crippen molar-refractivity contribution in [3.8, 4) is 12.3 Å². The topological polar surface area (TPSA) is 80.1 Å². The first-order chi connectivity index (χ1) is 14.9. The number of hydrogen-bond donors (Lipinski definition) is 0. The van der Waals surface area contributed by atoms with E-state index in [-0.39, 0.29) is 56.8 Å². The van der Waals surface area contributed by atoms with Gasteiger partial charge in [0.1, 0.15) is 5.76 Å². The van der Waals surface area contributed by atoms with Gasteiger partial charge < -0.3 is 14.1 Å². The van der Waals surface area contributed by atoms with Gasteiger partial charge in [-0.05, 0) is 30.2 Å². The molecule has 1 aliphatic rings. The monoisotopic (exact) mass is 422 g/mol. The number of hydrogen-bond acceptors (Lipinski definition) is 5. The fourth-order valence-corrected chi connectivity index (χ4v) is 4.07. The third kappa shape index (κ3) is 4.54. The van der Waals surface area contributed by atoms with Gasteiger partial charge in [-0.2, -0.15) is 0 Å². The van der Waals surface area contributed by atoms with Crippen LogP contribution in [-0.2, 0) is 31.1 Å². The Hall–Kier alpha value is -3.37. The van der Waals surface area contributed by atoms with Crippen molar-refractivity contribution < 1.29 is 23.5 Å². The van der Waals surface area contributed by atoms with E-state index >= 15 is 0 Å². The van der Waals surface area contributed by atoms with Crippen molar-refractivity contribution >= 4 is 17.7 Å². The zero-order valence-corrected chi connectivity index (χ0v) is 17.8. The zero-order valence-electron chi connectivity index (χ0n) is 17.8. The van der Waals surface area contributed by atoms with Gasteiger partial charge in [0, 0.05) is 20.0 Å². The molecular weight excluding hydrogens is 396 g/mol. The number of furan rings is 1. The fraction of sp³-hybridized carbons (Fsp3) is 0.375. The largest absolute Gasteiger partial charge is 0.467 e. The second-order valence-corrected chi connectivity index (χ2v) is 7.63. The normalized spacial score (nSPS) is 18.3. The molecule has 2 heterocycles. The number of likely N-dealkylation sites (tertiary alicyclic amines) is 1. The molecule has 1 fully saturated rings. The van der Waals surface area contributed by atoms with Crippen molar-refractivity contribution in [2.45, 2.75) is 31.7 Å². The van der Waals surface area contributed by atoms with Gasteiger partial charge in [0.25, 0.3) is 0 Å². The van der Waals surface area contributed by atoms with E-state index in [0.29, 0.717) is 11.3 Å². The van der Waals surface area contributed by atoms with Crippen molar-refractivity contribution in [3.05, 3.63) is 59.5 Å². The van der Waals surface area contributed by atoms with Gasteiger partial charge in [-0.1, -0.05) is 30.2 Å². The maximum atomic E-state index is 13.5. The van der Waals surface area contributed by atoms with Crippen LogP contribution in [0.15, 0.2) is 47.1 Å². The van der Waals surface area contributed by atoms with Crippen LogP contribution in [0, 0.1) is 19.3 Å². The highest BCUT2D eigenvalue weighted by Gasteiger charge is 2.54. The smallest absolute Gasteiger partial charge is 0.240 e. The highest BCUT2D eigenvalue weighted by molar-refractivity contribution is 6.11. The van der Waals surface area contributed by atoms with E-state index in [1.54, 1.807) is 12.1 Å². The first-order valence-corrected chi connectivity index (χ1v) is 10.1. The van der Waals surface area contributed by atoms with Crippen LogP contribution in [0.25, 0.3) is 0 Å². The molecule has 1 atom stereocenters. The lowest BCUT2D eigenvalue weighted by Crippen LogP contribution is -2.44. The highest BCUT2D eigenvalue weighted by atomic mass is 16.5. The van der Waals surface area contributed by atoms with E-state index in [4.69, 9.17) is 15.6 Å². The molecule has 1 aliphatic heterocycles. The van der Waals surface area contributed by atoms with E-state index in [1.165, 1.54) is 23.2 Å². The van der Waals surface area contributed by atoms with Crippen molar-refractivity contribution in [1.82, 2.24) is 9.80 Å². The third-order valence-corrected chi connectivity index (χ3v) is 5.60. The Morgan fingerprint density at radius 3 is 2.71 bits per heavy atom. The van der Waals surface area contributed by atoms with Crippen molar-refractivity contribution in [2.75, 3.05) is 26.8 Å². The average Bonchev–Trinajstić information content (AvgIpc) is 3.34. The summed E-state index contributed by atoms with van der Waals surface area (Å²) in [6, 6.07) is 10.8. The second kappa shape index (κ2) is 9.63. The number of methoxy groups -OCH3 is 1. The Balaban J connectivity index is 1.97. The van der Waals surface area contributed by atoms with Crippen LogP contribution in [0.3, 0.4) is 0 Å². The van der Waals surface area contributed by atoms with Gasteiger partial charge in [-0.25, -0.2) is 0 Å². The lowest BCUT2D eigenvalue weighted by atomic mass is 9.74. The van der Waals surface area contributed by atoms with Crippen LogP contribution in [0.5, 0.6) is 0 Å². The van der Waals surface area contributed by atoms with E-state index in [9.17, 15) is 14.4 Å². The van der Waals surface area contributed by atoms with E-state index in [1.807, 2.05) is 31.2 Å². The van der Waals surface area contributed by atoms with E-state index in [2.05, 4.69) is 5.92 Å². The van der Waals surface area contributed by atoms with Crippen LogP contribution in [0.1, 0.15) is 29.7 Å². The molecule has 1 aromatic carbocycles. The number of aryl methyl sites for hydroxylation is 1. The number of rotatable bonds is 9. The molecule has 7 heteroatoms. The Labute approximate surface area is 182 Å². The maximum Gasteiger partial charge on any atom is 0.240 e. The Kier molecular flexibility index (Phi) is 6.93. The Morgan fingerprint density at radius 2 is 2.06 bits per heavy atom. The summed E-state index contributed by atoms with van der Waals surface area (Å²) in [6.45, 7) is 2.51.